The van der Waals surface area contributed by atoms with Gasteiger partial charge in [-0.15, -0.1) is 0 Å². The number of likely N-dealkylation sites (N-methyl/N-ethyl adjacent to an activating group) is 1. The number of aryl methyl sites for hydroxylation is 1. The zero-order valence-electron chi connectivity index (χ0n) is 20.1. The fraction of sp³-hybridized carbons (Fsp3) is 0.348. The highest BCUT2D eigenvalue weighted by Gasteiger charge is 2.32. The molecule has 0 aromatic carbocycles. The first-order valence-electron chi connectivity index (χ1n) is 10.8. The maximum atomic E-state index is 12.7. The van der Waals surface area contributed by atoms with Crippen molar-refractivity contribution in [1.29, 1.82) is 0 Å². The third-order valence-corrected chi connectivity index (χ3v) is 5.30. The molecule has 12 heteroatoms. The minimum Gasteiger partial charge on any atom is -0.371 e. The van der Waals surface area contributed by atoms with Gasteiger partial charge in [-0.05, 0) is 32.4 Å². The summed E-state index contributed by atoms with van der Waals surface area (Å²) in [5, 5.41) is 10.4. The van der Waals surface area contributed by atoms with Gasteiger partial charge < -0.3 is 15.5 Å². The minimum absolute atomic E-state index is 0.146. The van der Waals surface area contributed by atoms with Gasteiger partial charge in [0, 0.05) is 44.2 Å². The SMILES string of the molecule is C/C=C(/C)C(=O)N(C)c1c(C)nc(NCc2cnn(Cc3ccc(C(F)(F)F)nc3)c2)nc1NC. The molecule has 0 saturated carbocycles. The number of anilines is 3. The first-order valence-corrected chi connectivity index (χ1v) is 10.8. The van der Waals surface area contributed by atoms with Crippen molar-refractivity contribution in [2.45, 2.75) is 40.0 Å². The van der Waals surface area contributed by atoms with Crippen molar-refractivity contribution in [3.8, 4) is 0 Å². The number of nitrogens with one attached hydrogen (secondary N) is 2. The van der Waals surface area contributed by atoms with E-state index in [0.29, 0.717) is 40.8 Å². The number of nitrogens with zero attached hydrogens (tertiary/aromatic N) is 6. The fourth-order valence-electron chi connectivity index (χ4n) is 3.35. The van der Waals surface area contributed by atoms with Crippen molar-refractivity contribution in [3.05, 3.63) is 64.9 Å². The van der Waals surface area contributed by atoms with Gasteiger partial charge in [-0.25, -0.2) is 4.98 Å². The van der Waals surface area contributed by atoms with Crippen LogP contribution >= 0.6 is 0 Å². The Morgan fingerprint density at radius 1 is 1.20 bits per heavy atom. The zero-order valence-corrected chi connectivity index (χ0v) is 20.1. The molecule has 0 radical (unpaired) electrons. The number of rotatable bonds is 8. The highest BCUT2D eigenvalue weighted by molar-refractivity contribution is 6.06. The third kappa shape index (κ3) is 6.14. The van der Waals surface area contributed by atoms with Crippen LogP contribution < -0.4 is 15.5 Å². The van der Waals surface area contributed by atoms with Crippen molar-refractivity contribution in [1.82, 2.24) is 24.7 Å². The average molecular weight is 489 g/mol. The largest absolute Gasteiger partial charge is 0.433 e. The van der Waals surface area contributed by atoms with Gasteiger partial charge in [0.25, 0.3) is 5.91 Å². The van der Waals surface area contributed by atoms with Gasteiger partial charge in [0.05, 0.1) is 18.4 Å². The molecule has 3 aromatic rings. The maximum absolute atomic E-state index is 12.7. The van der Waals surface area contributed by atoms with Gasteiger partial charge in [-0.3, -0.25) is 14.5 Å². The van der Waals surface area contributed by atoms with E-state index in [0.717, 1.165) is 11.6 Å². The molecule has 186 valence electrons. The third-order valence-electron chi connectivity index (χ3n) is 5.30. The molecule has 0 bridgehead atoms. The van der Waals surface area contributed by atoms with Gasteiger partial charge in [-0.2, -0.15) is 23.3 Å². The molecule has 0 fully saturated rings. The summed E-state index contributed by atoms with van der Waals surface area (Å²) in [7, 11) is 3.39. The molecule has 1 amide bonds. The quantitative estimate of drug-likeness (QED) is 0.462. The summed E-state index contributed by atoms with van der Waals surface area (Å²) in [6.07, 6.45) is 1.90. The molecule has 9 nitrogen and oxygen atoms in total. The van der Waals surface area contributed by atoms with Crippen molar-refractivity contribution in [2.24, 2.45) is 0 Å². The maximum Gasteiger partial charge on any atom is 0.433 e. The molecule has 0 spiro atoms. The number of alkyl halides is 3. The van der Waals surface area contributed by atoms with Crippen molar-refractivity contribution in [3.63, 3.8) is 0 Å². The zero-order chi connectivity index (χ0) is 25.8. The molecular weight excluding hydrogens is 461 g/mol. The average Bonchev–Trinajstić information content (AvgIpc) is 3.27. The Hall–Kier alpha value is -3.96. The Morgan fingerprint density at radius 3 is 2.54 bits per heavy atom. The second-order valence-corrected chi connectivity index (χ2v) is 7.86. The molecule has 2 N–H and O–H groups in total. The number of allylic oxidation sites excluding steroid dienone is 1. The van der Waals surface area contributed by atoms with E-state index in [-0.39, 0.29) is 12.5 Å². The summed E-state index contributed by atoms with van der Waals surface area (Å²) in [4.78, 5) is 26.5. The van der Waals surface area contributed by atoms with Crippen molar-refractivity contribution >= 4 is 23.4 Å². The van der Waals surface area contributed by atoms with Gasteiger partial charge in [-0.1, -0.05) is 12.1 Å². The smallest absolute Gasteiger partial charge is 0.371 e. The lowest BCUT2D eigenvalue weighted by molar-refractivity contribution is -0.141. The molecule has 0 atom stereocenters. The van der Waals surface area contributed by atoms with E-state index in [2.05, 4.69) is 30.7 Å². The second kappa shape index (κ2) is 10.5. The number of aromatic nitrogens is 5. The van der Waals surface area contributed by atoms with Gasteiger partial charge in [0.1, 0.15) is 11.4 Å². The van der Waals surface area contributed by atoms with Gasteiger partial charge >= 0.3 is 6.18 Å². The van der Waals surface area contributed by atoms with E-state index in [1.165, 1.54) is 17.2 Å². The number of carbonyl (C=O) groups excluding carboxylic acids is 1. The first-order chi connectivity index (χ1) is 16.5. The summed E-state index contributed by atoms with van der Waals surface area (Å²) in [6, 6.07) is 2.33. The molecule has 3 aromatic heterocycles. The van der Waals surface area contributed by atoms with Gasteiger partial charge in [0.15, 0.2) is 5.82 Å². The molecule has 0 aliphatic carbocycles. The number of pyridine rings is 1. The standard InChI is InChI=1S/C23H27F3N8O/c1-6-14(2)21(35)33(5)19-15(3)31-22(32-20(19)27-4)29-10-17-11-30-34(13-17)12-16-7-8-18(28-9-16)23(24,25)26/h6-9,11,13H,10,12H2,1-5H3,(H2,27,29,31,32)/b14-6-. The number of hydrogen-bond donors (Lipinski definition) is 2. The number of carbonyl (C=O) groups is 1. The van der Waals surface area contributed by atoms with Crippen LogP contribution in [0.5, 0.6) is 0 Å². The van der Waals surface area contributed by atoms with Crippen LogP contribution in [0.15, 0.2) is 42.4 Å². The summed E-state index contributed by atoms with van der Waals surface area (Å²) < 4.78 is 39.6. The molecule has 0 unspecified atom stereocenters. The van der Waals surface area contributed by atoms with Gasteiger partial charge in [0.2, 0.25) is 5.95 Å². The lowest BCUT2D eigenvalue weighted by Gasteiger charge is -2.22. The molecular formula is C23H27F3N8O. The predicted octanol–water partition coefficient (Wildman–Crippen LogP) is 4.03. The molecule has 3 heterocycles. The Bertz CT molecular complexity index is 1220. The molecule has 0 aliphatic rings. The summed E-state index contributed by atoms with van der Waals surface area (Å²) >= 11 is 0. The van der Waals surface area contributed by atoms with E-state index in [9.17, 15) is 18.0 Å². The van der Waals surface area contributed by atoms with Crippen LogP contribution in [0.3, 0.4) is 0 Å². The molecule has 35 heavy (non-hydrogen) atoms. The molecule has 3 rings (SSSR count). The van der Waals surface area contributed by atoms with E-state index >= 15 is 0 Å². The molecule has 0 aliphatic heterocycles. The van der Waals surface area contributed by atoms with Crippen LogP contribution in [0, 0.1) is 6.92 Å². The van der Waals surface area contributed by atoms with E-state index in [1.807, 2.05) is 0 Å². The lowest BCUT2D eigenvalue weighted by atomic mass is 10.2. The van der Waals surface area contributed by atoms with Crippen LogP contribution in [0.1, 0.15) is 36.4 Å². The highest BCUT2D eigenvalue weighted by atomic mass is 19.4. The lowest BCUT2D eigenvalue weighted by Crippen LogP contribution is -2.29. The second-order valence-electron chi connectivity index (χ2n) is 7.86. The van der Waals surface area contributed by atoms with Crippen LogP contribution in [0.4, 0.5) is 30.6 Å². The van der Waals surface area contributed by atoms with Crippen LogP contribution in [0.25, 0.3) is 0 Å². The van der Waals surface area contributed by atoms with Crippen LogP contribution in [-0.2, 0) is 24.1 Å². The Morgan fingerprint density at radius 2 is 1.94 bits per heavy atom. The first kappa shape index (κ1) is 25.7. The number of hydrogen-bond acceptors (Lipinski definition) is 7. The van der Waals surface area contributed by atoms with Crippen LogP contribution in [0.2, 0.25) is 0 Å². The van der Waals surface area contributed by atoms with E-state index in [1.54, 1.807) is 58.0 Å². The summed E-state index contributed by atoms with van der Waals surface area (Å²) in [5.41, 5.74) is 2.32. The Balaban J connectivity index is 1.68. The predicted molar refractivity (Wildman–Crippen MR) is 127 cm³/mol. The number of amides is 1. The van der Waals surface area contributed by atoms with E-state index in [4.69, 9.17) is 0 Å². The minimum atomic E-state index is -4.47. The van der Waals surface area contributed by atoms with Crippen molar-refractivity contribution < 1.29 is 18.0 Å². The van der Waals surface area contributed by atoms with E-state index < -0.39 is 11.9 Å². The summed E-state index contributed by atoms with van der Waals surface area (Å²) in [6.45, 7) is 6.01. The molecule has 0 saturated heterocycles. The number of halogens is 3. The fourth-order valence-corrected chi connectivity index (χ4v) is 3.35. The van der Waals surface area contributed by atoms with Crippen molar-refractivity contribution in [2.75, 3.05) is 29.6 Å². The van der Waals surface area contributed by atoms with Crippen LogP contribution in [-0.4, -0.2) is 44.7 Å². The monoisotopic (exact) mass is 488 g/mol. The Labute approximate surface area is 201 Å². The topological polar surface area (TPSA) is 101 Å². The summed E-state index contributed by atoms with van der Waals surface area (Å²) in [5.74, 6) is 0.733. The Kier molecular flexibility index (Phi) is 7.72. The normalized spacial score (nSPS) is 11.9. The highest BCUT2D eigenvalue weighted by Crippen LogP contribution is 2.29.